The first-order chi connectivity index (χ1) is 22.2. The van der Waals surface area contributed by atoms with Crippen LogP contribution in [0.15, 0.2) is 0 Å². The molecule has 0 radical (unpaired) electrons. The van der Waals surface area contributed by atoms with E-state index in [-0.39, 0.29) is 31.1 Å². The highest BCUT2D eigenvalue weighted by molar-refractivity contribution is 5.87. The summed E-state index contributed by atoms with van der Waals surface area (Å²) in [7, 11) is 0. The minimum atomic E-state index is -1.34. The van der Waals surface area contributed by atoms with E-state index in [1.807, 2.05) is 27.7 Å². The molecule has 0 aliphatic rings. The fraction of sp³-hybridized carbons (Fsp3) is 0.818. The fourth-order valence-electron chi connectivity index (χ4n) is 4.33. The Morgan fingerprint density at radius 2 is 1.34 bits per heavy atom. The largest absolute Gasteiger partial charge is 0.481 e. The highest BCUT2D eigenvalue weighted by Gasteiger charge is 2.22. The Labute approximate surface area is 279 Å². The van der Waals surface area contributed by atoms with Gasteiger partial charge in [0.2, 0.25) is 17.7 Å². The molecule has 0 fully saturated rings. The minimum absolute atomic E-state index is 0.0408. The van der Waals surface area contributed by atoms with E-state index in [2.05, 4.69) is 10.6 Å². The zero-order valence-corrected chi connectivity index (χ0v) is 28.9. The monoisotopic (exact) mass is 673 g/mol. The van der Waals surface area contributed by atoms with Crippen molar-refractivity contribution < 1.29 is 53.3 Å². The van der Waals surface area contributed by atoms with E-state index >= 15 is 0 Å². The number of hydrogen-bond acceptors (Lipinski definition) is 9. The third-order valence-electron chi connectivity index (χ3n) is 6.72. The molecule has 0 aromatic rings. The molecule has 0 heterocycles. The van der Waals surface area contributed by atoms with Crippen molar-refractivity contribution in [3.8, 4) is 0 Å². The number of nitrogens with one attached hydrogen (secondary N) is 2. The van der Waals surface area contributed by atoms with Gasteiger partial charge in [0, 0.05) is 58.4 Å². The Balaban J connectivity index is 3.85. The smallest absolute Gasteiger partial charge is 0.326 e. The number of carboxylic acid groups (broad SMARTS) is 2. The lowest BCUT2D eigenvalue weighted by Gasteiger charge is -2.21. The van der Waals surface area contributed by atoms with Crippen LogP contribution in [-0.2, 0) is 43.1 Å². The number of carbonyl (C=O) groups is 6. The lowest BCUT2D eigenvalue weighted by molar-refractivity contribution is -0.187. The molecule has 272 valence electrons. The van der Waals surface area contributed by atoms with E-state index in [4.69, 9.17) is 24.5 Å². The van der Waals surface area contributed by atoms with Gasteiger partial charge < -0.3 is 30.3 Å². The Hall–Kier alpha value is -3.26. The first-order valence-electron chi connectivity index (χ1n) is 17.0. The van der Waals surface area contributed by atoms with Gasteiger partial charge in [-0.1, -0.05) is 32.6 Å². The number of unbranched alkanes of at least 4 members (excludes halogenated alkanes) is 6. The fourth-order valence-corrected chi connectivity index (χ4v) is 4.33. The predicted octanol–water partition coefficient (Wildman–Crippen LogP) is 4.14. The lowest BCUT2D eigenvalue weighted by Crippen LogP contribution is -2.41. The number of rotatable bonds is 29. The number of amides is 3. The zero-order valence-electron chi connectivity index (χ0n) is 28.9. The number of ether oxygens (including phenoxy) is 2. The summed E-state index contributed by atoms with van der Waals surface area (Å²) in [6.45, 7) is 9.70. The van der Waals surface area contributed by atoms with Gasteiger partial charge in [-0.3, -0.25) is 28.8 Å². The number of carbonyl (C=O) groups excluding carboxylic acids is 4. The van der Waals surface area contributed by atoms with Crippen molar-refractivity contribution >= 4 is 35.6 Å². The van der Waals surface area contributed by atoms with Crippen molar-refractivity contribution in [1.29, 1.82) is 0 Å². The lowest BCUT2D eigenvalue weighted by atomic mass is 10.1. The average molecular weight is 674 g/mol. The van der Waals surface area contributed by atoms with Crippen molar-refractivity contribution in [1.82, 2.24) is 15.7 Å². The summed E-state index contributed by atoms with van der Waals surface area (Å²) < 4.78 is 10.9. The molecule has 3 amide bonds. The van der Waals surface area contributed by atoms with Gasteiger partial charge in [-0.2, -0.15) is 0 Å². The third kappa shape index (κ3) is 27.6. The van der Waals surface area contributed by atoms with Gasteiger partial charge in [0.25, 0.3) is 0 Å². The van der Waals surface area contributed by atoms with E-state index in [1.165, 1.54) is 5.06 Å². The van der Waals surface area contributed by atoms with Gasteiger partial charge in [0.05, 0.1) is 6.61 Å². The van der Waals surface area contributed by atoms with E-state index < -0.39 is 41.8 Å². The van der Waals surface area contributed by atoms with Crippen LogP contribution in [0.1, 0.15) is 130 Å². The number of nitrogens with zero attached hydrogens (tertiary/aromatic N) is 1. The Morgan fingerprint density at radius 1 is 0.723 bits per heavy atom. The molecule has 47 heavy (non-hydrogen) atoms. The molecule has 14 heteroatoms. The van der Waals surface area contributed by atoms with Crippen LogP contribution < -0.4 is 10.6 Å². The maximum absolute atomic E-state index is 12.5. The second-order valence-corrected chi connectivity index (χ2v) is 12.5. The Kier molecular flexibility index (Phi) is 24.9. The van der Waals surface area contributed by atoms with Crippen LogP contribution in [0.4, 0.5) is 0 Å². The predicted molar refractivity (Wildman–Crippen MR) is 174 cm³/mol. The molecular formula is C33H59N3O11. The number of esters is 1. The molecular weight excluding hydrogens is 614 g/mol. The molecule has 0 aliphatic carbocycles. The summed E-state index contributed by atoms with van der Waals surface area (Å²) >= 11 is 0. The Bertz CT molecular complexity index is 937. The standard InChI is InChI=1S/C33H59N3O11/c1-5-22-36(29(39)19-18-28(38)35-26(32(43)44)17-20-30(40)41)46-25-13-12-23-45-24-14-21-34-27(37)15-10-8-6-7-9-11-16-31(42)47-33(2,3)4/h26H,5-25H2,1-4H3,(H,34,37)(H,35,38)(H,40,41)(H,43,44). The summed E-state index contributed by atoms with van der Waals surface area (Å²) in [5, 5.41) is 24.3. The normalized spacial score (nSPS) is 11.8. The molecule has 0 spiro atoms. The maximum Gasteiger partial charge on any atom is 0.326 e. The second kappa shape index (κ2) is 26.8. The molecule has 1 unspecified atom stereocenters. The molecule has 14 nitrogen and oxygen atoms in total. The van der Waals surface area contributed by atoms with Crippen LogP contribution in [0, 0.1) is 0 Å². The SMILES string of the molecule is CCCN(OCCCCOCCCNC(=O)CCCCCCCCC(=O)OC(C)(C)C)C(=O)CCC(=O)NC(CCC(=O)O)C(=O)O. The molecule has 0 aliphatic heterocycles. The van der Waals surface area contributed by atoms with Gasteiger partial charge in [-0.15, -0.1) is 0 Å². The zero-order chi connectivity index (χ0) is 35.5. The van der Waals surface area contributed by atoms with E-state index in [1.54, 1.807) is 0 Å². The molecule has 0 aromatic carbocycles. The highest BCUT2D eigenvalue weighted by atomic mass is 16.7. The van der Waals surface area contributed by atoms with E-state index in [0.29, 0.717) is 65.0 Å². The van der Waals surface area contributed by atoms with E-state index in [0.717, 1.165) is 44.9 Å². The number of aliphatic carboxylic acids is 2. The van der Waals surface area contributed by atoms with Crippen molar-refractivity contribution in [3.63, 3.8) is 0 Å². The third-order valence-corrected chi connectivity index (χ3v) is 6.72. The quantitative estimate of drug-likeness (QED) is 0.0506. The molecule has 0 saturated heterocycles. The summed E-state index contributed by atoms with van der Waals surface area (Å²) in [5.74, 6) is -3.66. The first kappa shape index (κ1) is 43.7. The molecule has 4 N–H and O–H groups in total. The molecule has 1 atom stereocenters. The topological polar surface area (TPSA) is 198 Å². The van der Waals surface area contributed by atoms with Gasteiger partial charge in [0.15, 0.2) is 0 Å². The number of carboxylic acids is 2. The van der Waals surface area contributed by atoms with Gasteiger partial charge in [-0.25, -0.2) is 9.86 Å². The first-order valence-corrected chi connectivity index (χ1v) is 17.0. The highest BCUT2D eigenvalue weighted by Crippen LogP contribution is 2.12. The van der Waals surface area contributed by atoms with Crippen LogP contribution in [0.25, 0.3) is 0 Å². The summed E-state index contributed by atoms with van der Waals surface area (Å²) in [4.78, 5) is 75.8. The molecule has 0 rings (SSSR count). The van der Waals surface area contributed by atoms with Crippen molar-refractivity contribution in [3.05, 3.63) is 0 Å². The molecule has 0 aromatic heterocycles. The average Bonchev–Trinajstić information content (AvgIpc) is 2.98. The number of hydroxylamine groups is 2. The summed E-state index contributed by atoms with van der Waals surface area (Å²) in [6.07, 6.45) is 8.34. The van der Waals surface area contributed by atoms with Crippen LogP contribution in [0.3, 0.4) is 0 Å². The summed E-state index contributed by atoms with van der Waals surface area (Å²) in [6, 6.07) is -1.33. The second-order valence-electron chi connectivity index (χ2n) is 12.5. The van der Waals surface area contributed by atoms with Crippen molar-refractivity contribution in [2.24, 2.45) is 0 Å². The van der Waals surface area contributed by atoms with Crippen LogP contribution >= 0.6 is 0 Å². The van der Waals surface area contributed by atoms with Crippen LogP contribution in [0.5, 0.6) is 0 Å². The molecule has 0 bridgehead atoms. The van der Waals surface area contributed by atoms with E-state index in [9.17, 15) is 28.8 Å². The molecule has 0 saturated carbocycles. The van der Waals surface area contributed by atoms with Gasteiger partial charge in [-0.05, 0) is 65.7 Å². The Morgan fingerprint density at radius 3 is 1.96 bits per heavy atom. The van der Waals surface area contributed by atoms with Crippen LogP contribution in [0.2, 0.25) is 0 Å². The van der Waals surface area contributed by atoms with Gasteiger partial charge in [0.1, 0.15) is 11.6 Å². The number of hydrogen-bond donors (Lipinski definition) is 4. The van der Waals surface area contributed by atoms with Gasteiger partial charge >= 0.3 is 17.9 Å². The maximum atomic E-state index is 12.5. The minimum Gasteiger partial charge on any atom is -0.481 e. The van der Waals surface area contributed by atoms with Crippen LogP contribution in [-0.4, -0.2) is 95.5 Å². The van der Waals surface area contributed by atoms with Crippen molar-refractivity contribution in [2.75, 3.05) is 32.9 Å². The summed E-state index contributed by atoms with van der Waals surface area (Å²) in [5.41, 5.74) is -0.438. The van der Waals surface area contributed by atoms with Crippen molar-refractivity contribution in [2.45, 2.75) is 142 Å².